The van der Waals surface area contributed by atoms with E-state index < -0.39 is 0 Å². The summed E-state index contributed by atoms with van der Waals surface area (Å²) in [6.07, 6.45) is 11.3. The monoisotopic (exact) mass is 298 g/mol. The van der Waals surface area contributed by atoms with E-state index in [1.807, 2.05) is 41.8 Å². The first-order valence-corrected chi connectivity index (χ1v) is 7.42. The van der Waals surface area contributed by atoms with Gasteiger partial charge in [0.1, 0.15) is 17.0 Å². The SMILES string of the molecule is Cn1ccnc1[C@H](NC(=O)c1cnn2ccn(C)c12)C1CC1. The van der Waals surface area contributed by atoms with Crippen LogP contribution in [-0.2, 0) is 14.1 Å². The molecule has 1 fully saturated rings. The lowest BCUT2D eigenvalue weighted by molar-refractivity contribution is 0.0930. The quantitative estimate of drug-likeness (QED) is 0.789. The molecule has 1 aliphatic carbocycles. The number of aromatic nitrogens is 5. The number of nitrogens with zero attached hydrogens (tertiary/aromatic N) is 5. The lowest BCUT2D eigenvalue weighted by atomic mass is 10.1. The van der Waals surface area contributed by atoms with E-state index in [-0.39, 0.29) is 11.9 Å². The molecule has 114 valence electrons. The average molecular weight is 298 g/mol. The van der Waals surface area contributed by atoms with Crippen LogP contribution in [0, 0.1) is 5.92 Å². The van der Waals surface area contributed by atoms with Crippen molar-refractivity contribution < 1.29 is 4.79 Å². The van der Waals surface area contributed by atoms with Crippen LogP contribution < -0.4 is 5.32 Å². The molecule has 3 aromatic rings. The first kappa shape index (κ1) is 13.1. The zero-order valence-electron chi connectivity index (χ0n) is 12.6. The summed E-state index contributed by atoms with van der Waals surface area (Å²) in [7, 11) is 3.87. The lowest BCUT2D eigenvalue weighted by Crippen LogP contribution is -2.31. The first-order valence-electron chi connectivity index (χ1n) is 7.42. The number of imidazole rings is 2. The normalized spacial score (nSPS) is 16.1. The topological polar surface area (TPSA) is 69.2 Å². The molecule has 0 bridgehead atoms. The molecular formula is C15H18N6O. The van der Waals surface area contributed by atoms with Gasteiger partial charge in [0.2, 0.25) is 0 Å². The van der Waals surface area contributed by atoms with Gasteiger partial charge in [-0.3, -0.25) is 4.79 Å². The van der Waals surface area contributed by atoms with E-state index in [1.54, 1.807) is 16.9 Å². The molecule has 7 nitrogen and oxygen atoms in total. The highest BCUT2D eigenvalue weighted by molar-refractivity contribution is 6.00. The molecule has 3 aromatic heterocycles. The summed E-state index contributed by atoms with van der Waals surface area (Å²) in [5, 5.41) is 7.37. The minimum absolute atomic E-state index is 0.0391. The Morgan fingerprint density at radius 3 is 2.77 bits per heavy atom. The lowest BCUT2D eigenvalue weighted by Gasteiger charge is -2.17. The molecule has 0 unspecified atom stereocenters. The van der Waals surface area contributed by atoms with Crippen LogP contribution in [0.3, 0.4) is 0 Å². The van der Waals surface area contributed by atoms with Gasteiger partial charge < -0.3 is 14.5 Å². The second-order valence-corrected chi connectivity index (χ2v) is 5.92. The predicted octanol–water partition coefficient (Wildman–Crippen LogP) is 1.29. The van der Waals surface area contributed by atoms with Crippen LogP contribution in [0.4, 0.5) is 0 Å². The fourth-order valence-electron chi connectivity index (χ4n) is 2.93. The van der Waals surface area contributed by atoms with E-state index >= 15 is 0 Å². The highest BCUT2D eigenvalue weighted by atomic mass is 16.1. The van der Waals surface area contributed by atoms with Crippen molar-refractivity contribution in [3.8, 4) is 0 Å². The van der Waals surface area contributed by atoms with Gasteiger partial charge in [-0.25, -0.2) is 9.50 Å². The largest absolute Gasteiger partial charge is 0.342 e. The van der Waals surface area contributed by atoms with Crippen LogP contribution in [0.5, 0.6) is 0 Å². The standard InChI is InChI=1S/C15H18N6O/c1-19-6-5-16-13(19)12(10-3-4-10)18-14(22)11-9-17-21-8-7-20(2)15(11)21/h5-10,12H,3-4H2,1-2H3,(H,18,22)/t12-/m1/s1. The summed E-state index contributed by atoms with van der Waals surface area (Å²) in [6, 6.07) is -0.0391. The smallest absolute Gasteiger partial charge is 0.257 e. The minimum atomic E-state index is -0.100. The molecule has 1 aliphatic rings. The Bertz CT molecular complexity index is 837. The van der Waals surface area contributed by atoms with Crippen molar-refractivity contribution in [3.63, 3.8) is 0 Å². The Morgan fingerprint density at radius 1 is 1.27 bits per heavy atom. The molecule has 0 spiro atoms. The molecule has 1 N–H and O–H groups in total. The maximum Gasteiger partial charge on any atom is 0.257 e. The molecule has 0 aromatic carbocycles. The molecule has 1 amide bonds. The Kier molecular flexibility index (Phi) is 2.82. The van der Waals surface area contributed by atoms with Crippen molar-refractivity contribution in [3.05, 3.63) is 42.4 Å². The molecule has 0 aliphatic heterocycles. The molecule has 3 heterocycles. The van der Waals surface area contributed by atoms with Crippen molar-refractivity contribution in [2.24, 2.45) is 20.0 Å². The maximum atomic E-state index is 12.7. The third-order valence-electron chi connectivity index (χ3n) is 4.30. The zero-order valence-corrected chi connectivity index (χ0v) is 12.6. The number of carbonyl (C=O) groups is 1. The summed E-state index contributed by atoms with van der Waals surface area (Å²) in [5.74, 6) is 1.28. The average Bonchev–Trinajstić information content (AvgIpc) is 2.93. The Balaban J connectivity index is 1.65. The van der Waals surface area contributed by atoms with Crippen molar-refractivity contribution >= 4 is 11.6 Å². The van der Waals surface area contributed by atoms with Crippen LogP contribution >= 0.6 is 0 Å². The van der Waals surface area contributed by atoms with E-state index in [2.05, 4.69) is 15.4 Å². The summed E-state index contributed by atoms with van der Waals surface area (Å²) in [4.78, 5) is 17.1. The molecule has 0 radical (unpaired) electrons. The van der Waals surface area contributed by atoms with Crippen LogP contribution in [0.25, 0.3) is 5.65 Å². The van der Waals surface area contributed by atoms with E-state index in [0.29, 0.717) is 11.5 Å². The maximum absolute atomic E-state index is 12.7. The Morgan fingerprint density at radius 2 is 2.09 bits per heavy atom. The fraction of sp³-hybridized carbons (Fsp3) is 0.400. The van der Waals surface area contributed by atoms with Crippen molar-refractivity contribution in [1.29, 1.82) is 0 Å². The van der Waals surface area contributed by atoms with Crippen LogP contribution in [0.1, 0.15) is 35.1 Å². The Labute approximate surface area is 127 Å². The molecule has 0 saturated heterocycles. The number of rotatable bonds is 4. The van der Waals surface area contributed by atoms with Gasteiger partial charge in [-0.15, -0.1) is 0 Å². The summed E-state index contributed by atoms with van der Waals surface area (Å²) in [5.41, 5.74) is 1.39. The molecule has 1 saturated carbocycles. The number of hydrogen-bond donors (Lipinski definition) is 1. The molecule has 7 heteroatoms. The molecule has 22 heavy (non-hydrogen) atoms. The van der Waals surface area contributed by atoms with Gasteiger partial charge in [0, 0.05) is 38.9 Å². The van der Waals surface area contributed by atoms with Crippen LogP contribution in [0.15, 0.2) is 31.0 Å². The van der Waals surface area contributed by atoms with Gasteiger partial charge in [0.25, 0.3) is 5.91 Å². The highest BCUT2D eigenvalue weighted by Crippen LogP contribution is 2.40. The van der Waals surface area contributed by atoms with Gasteiger partial charge in [-0.2, -0.15) is 5.10 Å². The minimum Gasteiger partial charge on any atom is -0.342 e. The number of amides is 1. The van der Waals surface area contributed by atoms with Gasteiger partial charge in [0.05, 0.1) is 12.2 Å². The predicted molar refractivity (Wildman–Crippen MR) is 80.3 cm³/mol. The zero-order chi connectivity index (χ0) is 15.3. The first-order chi connectivity index (χ1) is 10.6. The third-order valence-corrected chi connectivity index (χ3v) is 4.30. The summed E-state index contributed by atoms with van der Waals surface area (Å²) >= 11 is 0. The second-order valence-electron chi connectivity index (χ2n) is 5.92. The summed E-state index contributed by atoms with van der Waals surface area (Å²) < 4.78 is 5.58. The van der Waals surface area contributed by atoms with Crippen molar-refractivity contribution in [1.82, 2.24) is 29.0 Å². The van der Waals surface area contributed by atoms with Crippen molar-refractivity contribution in [2.45, 2.75) is 18.9 Å². The molecular weight excluding hydrogens is 280 g/mol. The second kappa shape index (κ2) is 4.72. The fourth-order valence-corrected chi connectivity index (χ4v) is 2.93. The number of hydrogen-bond acceptors (Lipinski definition) is 3. The van der Waals surface area contributed by atoms with E-state index in [9.17, 15) is 4.79 Å². The van der Waals surface area contributed by atoms with Crippen molar-refractivity contribution in [2.75, 3.05) is 0 Å². The van der Waals surface area contributed by atoms with E-state index in [0.717, 1.165) is 24.3 Å². The molecule has 4 rings (SSSR count). The van der Waals surface area contributed by atoms with Gasteiger partial charge in [-0.1, -0.05) is 0 Å². The summed E-state index contributed by atoms with van der Waals surface area (Å²) in [6.45, 7) is 0. The van der Waals surface area contributed by atoms with Gasteiger partial charge in [-0.05, 0) is 18.8 Å². The number of aryl methyl sites for hydroxylation is 2. The number of fused-ring (bicyclic) bond motifs is 1. The van der Waals surface area contributed by atoms with Gasteiger partial charge in [0.15, 0.2) is 0 Å². The highest BCUT2D eigenvalue weighted by Gasteiger charge is 2.36. The third kappa shape index (κ3) is 2.01. The van der Waals surface area contributed by atoms with Gasteiger partial charge >= 0.3 is 0 Å². The number of nitrogens with one attached hydrogen (secondary N) is 1. The van der Waals surface area contributed by atoms with Crippen LogP contribution in [0.2, 0.25) is 0 Å². The number of carbonyl (C=O) groups excluding carboxylic acids is 1. The van der Waals surface area contributed by atoms with E-state index in [1.165, 1.54) is 0 Å². The Hall–Kier alpha value is -2.57. The van der Waals surface area contributed by atoms with E-state index in [4.69, 9.17) is 0 Å². The van der Waals surface area contributed by atoms with Crippen LogP contribution in [-0.4, -0.2) is 29.6 Å². The molecule has 1 atom stereocenters.